The Morgan fingerprint density at radius 3 is 2.00 bits per heavy atom. The van der Waals surface area contributed by atoms with Crippen molar-refractivity contribution in [2.45, 2.75) is 71.7 Å². The SMILES string of the molecule is CCC[C@@H](C)O[Si](C)(C)C(C)(C)C. The number of hydrogen-bond acceptors (Lipinski definition) is 1. The van der Waals surface area contributed by atoms with Gasteiger partial charge in [0.1, 0.15) is 0 Å². The molecule has 0 radical (unpaired) electrons. The Morgan fingerprint density at radius 2 is 1.69 bits per heavy atom. The van der Waals surface area contributed by atoms with Crippen LogP contribution >= 0.6 is 0 Å². The maximum absolute atomic E-state index is 6.18. The summed E-state index contributed by atoms with van der Waals surface area (Å²) in [6, 6.07) is 0. The second-order valence-electron chi connectivity index (χ2n) is 5.48. The van der Waals surface area contributed by atoms with Gasteiger partial charge in [-0.25, -0.2) is 0 Å². The van der Waals surface area contributed by atoms with Gasteiger partial charge in [0, 0.05) is 6.10 Å². The summed E-state index contributed by atoms with van der Waals surface area (Å²) < 4.78 is 6.18. The smallest absolute Gasteiger partial charge is 0.192 e. The highest BCUT2D eigenvalue weighted by atomic mass is 28.4. The highest BCUT2D eigenvalue weighted by molar-refractivity contribution is 6.74. The number of hydrogen-bond donors (Lipinski definition) is 0. The predicted molar refractivity (Wildman–Crippen MR) is 62.7 cm³/mol. The molecule has 0 heterocycles. The van der Waals surface area contributed by atoms with E-state index in [9.17, 15) is 0 Å². The molecule has 0 fully saturated rings. The molecule has 0 amide bonds. The van der Waals surface area contributed by atoms with Gasteiger partial charge < -0.3 is 4.43 Å². The summed E-state index contributed by atoms with van der Waals surface area (Å²) in [6.07, 6.45) is 2.84. The quantitative estimate of drug-likeness (QED) is 0.621. The molecule has 0 rings (SSSR count). The summed E-state index contributed by atoms with van der Waals surface area (Å²) >= 11 is 0. The second kappa shape index (κ2) is 4.60. The van der Waals surface area contributed by atoms with Gasteiger partial charge in [0.2, 0.25) is 0 Å². The van der Waals surface area contributed by atoms with E-state index >= 15 is 0 Å². The normalized spacial score (nSPS) is 15.9. The summed E-state index contributed by atoms with van der Waals surface area (Å²) in [5.74, 6) is 0. The van der Waals surface area contributed by atoms with Crippen molar-refractivity contribution in [3.8, 4) is 0 Å². The van der Waals surface area contributed by atoms with Crippen LogP contribution in [0.3, 0.4) is 0 Å². The lowest BCUT2D eigenvalue weighted by molar-refractivity contribution is 0.188. The summed E-state index contributed by atoms with van der Waals surface area (Å²) in [4.78, 5) is 0. The lowest BCUT2D eigenvalue weighted by atomic mass is 10.2. The van der Waals surface area contributed by atoms with Crippen molar-refractivity contribution in [3.05, 3.63) is 0 Å². The first-order valence-electron chi connectivity index (χ1n) is 5.38. The Hall–Kier alpha value is 0.177. The Kier molecular flexibility index (Phi) is 4.67. The number of rotatable bonds is 4. The zero-order valence-corrected chi connectivity index (χ0v) is 11.4. The highest BCUT2D eigenvalue weighted by Crippen LogP contribution is 2.37. The molecule has 0 saturated carbocycles. The van der Waals surface area contributed by atoms with Crippen LogP contribution in [0, 0.1) is 0 Å². The summed E-state index contributed by atoms with van der Waals surface area (Å²) in [7, 11) is -1.51. The van der Waals surface area contributed by atoms with E-state index in [0.29, 0.717) is 11.1 Å². The minimum Gasteiger partial charge on any atom is -0.414 e. The van der Waals surface area contributed by atoms with Gasteiger partial charge in [0.05, 0.1) is 0 Å². The van der Waals surface area contributed by atoms with Crippen LogP contribution in [0.2, 0.25) is 18.1 Å². The van der Waals surface area contributed by atoms with Crippen LogP contribution < -0.4 is 0 Å². The van der Waals surface area contributed by atoms with Gasteiger partial charge in [0.25, 0.3) is 0 Å². The van der Waals surface area contributed by atoms with Crippen molar-refractivity contribution in [1.29, 1.82) is 0 Å². The Bertz CT molecular complexity index is 147. The van der Waals surface area contributed by atoms with E-state index in [1.165, 1.54) is 12.8 Å². The Morgan fingerprint density at radius 1 is 1.23 bits per heavy atom. The molecule has 0 aromatic rings. The van der Waals surface area contributed by atoms with Crippen molar-refractivity contribution in [2.24, 2.45) is 0 Å². The maximum atomic E-state index is 6.18. The monoisotopic (exact) mass is 202 g/mol. The maximum Gasteiger partial charge on any atom is 0.192 e. The second-order valence-corrected chi connectivity index (χ2v) is 10.2. The van der Waals surface area contributed by atoms with Gasteiger partial charge in [-0.05, 0) is 31.5 Å². The van der Waals surface area contributed by atoms with Crippen molar-refractivity contribution in [2.75, 3.05) is 0 Å². The molecule has 1 atom stereocenters. The van der Waals surface area contributed by atoms with Crippen LogP contribution in [-0.2, 0) is 4.43 Å². The third-order valence-corrected chi connectivity index (χ3v) is 7.60. The molecule has 0 N–H and O–H groups in total. The molecular weight excluding hydrogens is 176 g/mol. The predicted octanol–water partition coefficient (Wildman–Crippen LogP) is 4.20. The molecule has 13 heavy (non-hydrogen) atoms. The van der Waals surface area contributed by atoms with E-state index in [0.717, 1.165) is 0 Å². The first kappa shape index (κ1) is 13.2. The molecule has 0 saturated heterocycles. The molecule has 1 nitrogen and oxygen atoms in total. The summed E-state index contributed by atoms with van der Waals surface area (Å²) in [5, 5.41) is 0.342. The molecule has 0 aromatic carbocycles. The lowest BCUT2D eigenvalue weighted by Crippen LogP contribution is -2.43. The van der Waals surface area contributed by atoms with Crippen molar-refractivity contribution in [1.82, 2.24) is 0 Å². The van der Waals surface area contributed by atoms with E-state index in [4.69, 9.17) is 4.43 Å². The zero-order valence-electron chi connectivity index (χ0n) is 10.4. The van der Waals surface area contributed by atoms with Crippen LogP contribution in [0.15, 0.2) is 0 Å². The molecule has 0 aliphatic carbocycles. The van der Waals surface area contributed by atoms with Crippen molar-refractivity contribution in [3.63, 3.8) is 0 Å². The van der Waals surface area contributed by atoms with Gasteiger partial charge in [-0.1, -0.05) is 34.1 Å². The minimum atomic E-state index is -1.51. The van der Waals surface area contributed by atoms with Crippen LogP contribution in [-0.4, -0.2) is 14.4 Å². The van der Waals surface area contributed by atoms with Gasteiger partial charge in [-0.2, -0.15) is 0 Å². The zero-order chi connectivity index (χ0) is 10.7. The Labute approximate surface area is 85.0 Å². The lowest BCUT2D eigenvalue weighted by Gasteiger charge is -2.38. The molecule has 0 unspecified atom stereocenters. The first-order chi connectivity index (χ1) is 5.70. The van der Waals surface area contributed by atoms with E-state index in [2.05, 4.69) is 47.7 Å². The van der Waals surface area contributed by atoms with E-state index < -0.39 is 8.32 Å². The Balaban J connectivity index is 4.17. The van der Waals surface area contributed by atoms with E-state index in [1.807, 2.05) is 0 Å². The van der Waals surface area contributed by atoms with Crippen LogP contribution in [0.1, 0.15) is 47.5 Å². The standard InChI is InChI=1S/C11H26OSi/c1-8-9-10(2)12-13(6,7)11(3,4)5/h10H,8-9H2,1-7H3/t10-/m1/s1. The molecular formula is C11H26OSi. The molecule has 2 heteroatoms. The van der Waals surface area contributed by atoms with Gasteiger partial charge in [-0.15, -0.1) is 0 Å². The molecule has 0 aliphatic heterocycles. The van der Waals surface area contributed by atoms with Crippen molar-refractivity contribution < 1.29 is 4.43 Å². The first-order valence-corrected chi connectivity index (χ1v) is 8.29. The van der Waals surface area contributed by atoms with Gasteiger partial charge in [0.15, 0.2) is 8.32 Å². The van der Waals surface area contributed by atoms with Crippen LogP contribution in [0.5, 0.6) is 0 Å². The largest absolute Gasteiger partial charge is 0.414 e. The highest BCUT2D eigenvalue weighted by Gasteiger charge is 2.38. The molecule has 80 valence electrons. The fourth-order valence-corrected chi connectivity index (χ4v) is 2.62. The fraction of sp³-hybridized carbons (Fsp3) is 1.00. The van der Waals surface area contributed by atoms with E-state index in [1.54, 1.807) is 0 Å². The van der Waals surface area contributed by atoms with Gasteiger partial charge in [-0.3, -0.25) is 0 Å². The third-order valence-electron chi connectivity index (χ3n) is 3.00. The molecule has 0 aromatic heterocycles. The van der Waals surface area contributed by atoms with Crippen molar-refractivity contribution >= 4 is 8.32 Å². The van der Waals surface area contributed by atoms with Crippen LogP contribution in [0.4, 0.5) is 0 Å². The molecule has 0 bridgehead atoms. The molecule has 0 spiro atoms. The van der Waals surface area contributed by atoms with Gasteiger partial charge >= 0.3 is 0 Å². The average Bonchev–Trinajstić information content (AvgIpc) is 1.83. The van der Waals surface area contributed by atoms with Crippen LogP contribution in [0.25, 0.3) is 0 Å². The molecule has 0 aliphatic rings. The third kappa shape index (κ3) is 4.27. The topological polar surface area (TPSA) is 9.23 Å². The fourth-order valence-electron chi connectivity index (χ4n) is 1.15. The average molecular weight is 202 g/mol. The minimum absolute atomic E-state index is 0.342. The van der Waals surface area contributed by atoms with E-state index in [-0.39, 0.29) is 0 Å². The summed E-state index contributed by atoms with van der Waals surface area (Å²) in [5.41, 5.74) is 0. The summed E-state index contributed by atoms with van der Waals surface area (Å²) in [6.45, 7) is 15.9.